The van der Waals surface area contributed by atoms with E-state index in [9.17, 15) is 22.4 Å². The SMILES string of the molecule is CC1(C)Cc2c(sc(Nc3ccc(I)cc3F)c2C(=O)NC2CCNC2)-c2nnc(C(F)(F)F)n2C1. The van der Waals surface area contributed by atoms with Gasteiger partial charge in [-0.15, -0.1) is 21.5 Å². The quantitative estimate of drug-likeness (QED) is 0.272. The number of aromatic nitrogens is 3. The first-order chi connectivity index (χ1) is 16.9. The number of halogens is 5. The topological polar surface area (TPSA) is 83.9 Å². The van der Waals surface area contributed by atoms with E-state index in [2.05, 4.69) is 26.1 Å². The maximum absolute atomic E-state index is 14.7. The number of anilines is 2. The summed E-state index contributed by atoms with van der Waals surface area (Å²) in [5.74, 6) is -1.87. The molecule has 1 saturated heterocycles. The van der Waals surface area contributed by atoms with Crippen LogP contribution in [0.2, 0.25) is 0 Å². The molecule has 0 saturated carbocycles. The van der Waals surface area contributed by atoms with E-state index >= 15 is 0 Å². The van der Waals surface area contributed by atoms with E-state index in [1.54, 1.807) is 12.1 Å². The lowest BCUT2D eigenvalue weighted by atomic mass is 9.85. The average Bonchev–Trinajstić information content (AvgIpc) is 3.47. The fourth-order valence-electron chi connectivity index (χ4n) is 4.68. The predicted octanol–water partition coefficient (Wildman–Crippen LogP) is 5.19. The molecule has 3 N–H and O–H groups in total. The monoisotopic (exact) mass is 634 g/mol. The number of nitrogens with zero attached hydrogens (tertiary/aromatic N) is 3. The second kappa shape index (κ2) is 9.24. The molecule has 2 aromatic heterocycles. The van der Waals surface area contributed by atoms with Crippen molar-refractivity contribution in [1.29, 1.82) is 0 Å². The third kappa shape index (κ3) is 4.84. The Morgan fingerprint density at radius 2 is 2.08 bits per heavy atom. The molecule has 1 amide bonds. The number of carbonyl (C=O) groups excluding carboxylic acids is 1. The number of carbonyl (C=O) groups is 1. The molecule has 13 heteroatoms. The second-order valence-electron chi connectivity index (χ2n) is 9.80. The largest absolute Gasteiger partial charge is 0.451 e. The fourth-order valence-corrected chi connectivity index (χ4v) is 6.36. The third-order valence-corrected chi connectivity index (χ3v) is 8.07. The normalized spacial score (nSPS) is 18.9. The Bertz CT molecular complexity index is 1330. The Kier molecular flexibility index (Phi) is 6.52. The summed E-state index contributed by atoms with van der Waals surface area (Å²) >= 11 is 3.09. The molecule has 0 radical (unpaired) electrons. The van der Waals surface area contributed by atoms with Crippen LogP contribution in [0.4, 0.5) is 28.3 Å². The Morgan fingerprint density at radius 1 is 1.31 bits per heavy atom. The summed E-state index contributed by atoms with van der Waals surface area (Å²) in [6.07, 6.45) is -3.58. The number of amides is 1. The molecule has 7 nitrogen and oxygen atoms in total. The van der Waals surface area contributed by atoms with Gasteiger partial charge in [0.15, 0.2) is 5.82 Å². The number of hydrogen-bond acceptors (Lipinski definition) is 6. The van der Waals surface area contributed by atoms with Crippen molar-refractivity contribution in [3.63, 3.8) is 0 Å². The minimum absolute atomic E-state index is 0.0354. The molecular formula is C23H23F4IN6OS. The van der Waals surface area contributed by atoms with Crippen LogP contribution in [0.5, 0.6) is 0 Å². The van der Waals surface area contributed by atoms with Gasteiger partial charge in [-0.3, -0.25) is 4.79 Å². The van der Waals surface area contributed by atoms with Crippen LogP contribution >= 0.6 is 33.9 Å². The van der Waals surface area contributed by atoms with Crippen molar-refractivity contribution in [3.05, 3.63) is 44.5 Å². The summed E-state index contributed by atoms with van der Waals surface area (Å²) in [7, 11) is 0. The third-order valence-electron chi connectivity index (χ3n) is 6.26. The van der Waals surface area contributed by atoms with E-state index in [1.165, 1.54) is 6.07 Å². The van der Waals surface area contributed by atoms with Crippen molar-refractivity contribution < 1.29 is 22.4 Å². The van der Waals surface area contributed by atoms with E-state index in [4.69, 9.17) is 0 Å². The van der Waals surface area contributed by atoms with Crippen LogP contribution in [0.3, 0.4) is 0 Å². The van der Waals surface area contributed by atoms with Crippen molar-refractivity contribution in [2.45, 2.75) is 45.5 Å². The molecular weight excluding hydrogens is 611 g/mol. The molecule has 0 bridgehead atoms. The highest BCUT2D eigenvalue weighted by atomic mass is 127. The summed E-state index contributed by atoms with van der Waals surface area (Å²) in [6, 6.07) is 4.58. The van der Waals surface area contributed by atoms with Gasteiger partial charge in [0, 0.05) is 22.7 Å². The molecule has 1 unspecified atom stereocenters. The van der Waals surface area contributed by atoms with Crippen molar-refractivity contribution in [2.75, 3.05) is 18.4 Å². The number of thiophene rings is 1. The fraction of sp³-hybridized carbons (Fsp3) is 0.435. The highest BCUT2D eigenvalue weighted by Gasteiger charge is 2.43. The van der Waals surface area contributed by atoms with E-state index < -0.39 is 23.2 Å². The van der Waals surface area contributed by atoms with Crippen LogP contribution in [-0.2, 0) is 19.1 Å². The molecule has 1 fully saturated rings. The van der Waals surface area contributed by atoms with Crippen molar-refractivity contribution in [2.24, 2.45) is 5.41 Å². The van der Waals surface area contributed by atoms with Crippen molar-refractivity contribution >= 4 is 50.5 Å². The smallest absolute Gasteiger partial charge is 0.348 e. The van der Waals surface area contributed by atoms with Crippen molar-refractivity contribution in [3.8, 4) is 10.7 Å². The molecule has 1 atom stereocenters. The molecule has 2 aliphatic rings. The summed E-state index contributed by atoms with van der Waals surface area (Å²) in [5, 5.41) is 17.0. The predicted molar refractivity (Wildman–Crippen MR) is 137 cm³/mol. The van der Waals surface area contributed by atoms with Crippen LogP contribution in [0, 0.1) is 14.8 Å². The Balaban J connectivity index is 1.67. The maximum Gasteiger partial charge on any atom is 0.451 e. The highest BCUT2D eigenvalue weighted by Crippen LogP contribution is 2.47. The minimum Gasteiger partial charge on any atom is -0.348 e. The molecule has 5 rings (SSSR count). The average molecular weight is 634 g/mol. The van der Waals surface area contributed by atoms with Crippen LogP contribution in [0.25, 0.3) is 10.7 Å². The van der Waals surface area contributed by atoms with Gasteiger partial charge >= 0.3 is 6.18 Å². The molecule has 3 aromatic rings. The zero-order valence-corrected chi connectivity index (χ0v) is 22.4. The second-order valence-corrected chi connectivity index (χ2v) is 12.1. The summed E-state index contributed by atoms with van der Waals surface area (Å²) < 4.78 is 57.7. The minimum atomic E-state index is -4.68. The van der Waals surface area contributed by atoms with Crippen LogP contribution in [-0.4, -0.2) is 39.8 Å². The maximum atomic E-state index is 14.7. The van der Waals surface area contributed by atoms with Gasteiger partial charge in [-0.1, -0.05) is 13.8 Å². The van der Waals surface area contributed by atoms with Crippen molar-refractivity contribution in [1.82, 2.24) is 25.4 Å². The number of benzene rings is 1. The first kappa shape index (κ1) is 25.4. The van der Waals surface area contributed by atoms with E-state index in [-0.39, 0.29) is 30.0 Å². The zero-order chi connectivity index (χ0) is 25.8. The number of fused-ring (bicyclic) bond motifs is 3. The Morgan fingerprint density at radius 3 is 2.75 bits per heavy atom. The van der Waals surface area contributed by atoms with Gasteiger partial charge in [-0.25, -0.2) is 4.39 Å². The van der Waals surface area contributed by atoms with Gasteiger partial charge < -0.3 is 20.5 Å². The Hall–Kier alpha value is -2.26. The van der Waals surface area contributed by atoms with Gasteiger partial charge in [0.05, 0.1) is 16.1 Å². The van der Waals surface area contributed by atoms with Crippen LogP contribution in [0.1, 0.15) is 42.0 Å². The van der Waals surface area contributed by atoms with Gasteiger partial charge in [-0.2, -0.15) is 13.2 Å². The van der Waals surface area contributed by atoms with Gasteiger partial charge in [0.1, 0.15) is 10.8 Å². The standard InChI is InChI=1S/C23H23F4IN6OS/c1-22(2)8-13-16(19(35)30-12-5-6-29-9-12)20(31-15-4-3-11(28)7-14(15)24)36-17(13)18-32-33-21(23(25,26)27)34(18)10-22/h3-4,7,12,29,31H,5-6,8-10H2,1-2H3,(H,30,35). The molecule has 4 heterocycles. The lowest BCUT2D eigenvalue weighted by Gasteiger charge is -2.25. The van der Waals surface area contributed by atoms with Crippen LogP contribution in [0.15, 0.2) is 18.2 Å². The number of alkyl halides is 3. The van der Waals surface area contributed by atoms with Crippen LogP contribution < -0.4 is 16.0 Å². The van der Waals surface area contributed by atoms with Gasteiger partial charge in [-0.05, 0) is 71.2 Å². The first-order valence-corrected chi connectivity index (χ1v) is 13.2. The summed E-state index contributed by atoms with van der Waals surface area (Å²) in [4.78, 5) is 14.0. The molecule has 0 aliphatic carbocycles. The first-order valence-electron chi connectivity index (χ1n) is 11.3. The van der Waals surface area contributed by atoms with E-state index in [0.29, 0.717) is 37.5 Å². The number of hydrogen-bond donors (Lipinski definition) is 3. The van der Waals surface area contributed by atoms with Gasteiger partial charge in [0.25, 0.3) is 5.91 Å². The van der Waals surface area contributed by atoms with Gasteiger partial charge in [0.2, 0.25) is 5.82 Å². The number of nitrogens with one attached hydrogen (secondary N) is 3. The zero-order valence-electron chi connectivity index (χ0n) is 19.4. The lowest BCUT2D eigenvalue weighted by molar-refractivity contribution is -0.147. The lowest BCUT2D eigenvalue weighted by Crippen LogP contribution is -2.37. The van der Waals surface area contributed by atoms with E-state index in [0.717, 1.165) is 28.9 Å². The molecule has 2 aliphatic heterocycles. The highest BCUT2D eigenvalue weighted by molar-refractivity contribution is 14.1. The Labute approximate surface area is 222 Å². The summed E-state index contributed by atoms with van der Waals surface area (Å²) in [6.45, 7) is 5.13. The molecule has 36 heavy (non-hydrogen) atoms. The number of rotatable bonds is 4. The molecule has 192 valence electrons. The molecule has 1 aromatic carbocycles. The summed E-state index contributed by atoms with van der Waals surface area (Å²) in [5.41, 5.74) is 0.415. The molecule has 0 spiro atoms. The van der Waals surface area contributed by atoms with E-state index in [1.807, 2.05) is 36.4 Å².